The maximum atomic E-state index is 13.5. The topological polar surface area (TPSA) is 47.6 Å². The van der Waals surface area contributed by atoms with Crippen molar-refractivity contribution in [1.29, 1.82) is 0 Å². The van der Waals surface area contributed by atoms with E-state index in [2.05, 4.69) is 21.2 Å². The van der Waals surface area contributed by atoms with E-state index in [1.54, 1.807) is 12.1 Å². The molecule has 2 atom stereocenters. The maximum absolute atomic E-state index is 13.5. The molecule has 0 saturated heterocycles. The minimum atomic E-state index is -0.588. The summed E-state index contributed by atoms with van der Waals surface area (Å²) >= 11 is 3.55. The molecule has 0 fully saturated rings. The van der Waals surface area contributed by atoms with Gasteiger partial charge in [0.15, 0.2) is 0 Å². The minimum absolute atomic E-state index is 0.211. The summed E-state index contributed by atoms with van der Waals surface area (Å²) in [7, 11) is 0. The third-order valence-electron chi connectivity index (χ3n) is 5.83. The molecule has 1 amide bonds. The van der Waals surface area contributed by atoms with E-state index in [1.807, 2.05) is 61.5 Å². The summed E-state index contributed by atoms with van der Waals surface area (Å²) in [6, 6.07) is 24.0. The predicted molar refractivity (Wildman–Crippen MR) is 134 cm³/mol. The van der Waals surface area contributed by atoms with Gasteiger partial charge >= 0.3 is 0 Å². The molecule has 1 aliphatic heterocycles. The van der Waals surface area contributed by atoms with Crippen molar-refractivity contribution in [2.75, 3.05) is 11.9 Å². The number of nitrogens with one attached hydrogen (secondary N) is 1. The Bertz CT molecular complexity index is 1130. The fourth-order valence-corrected chi connectivity index (χ4v) is 4.50. The summed E-state index contributed by atoms with van der Waals surface area (Å²) in [5.74, 6) is -0.544. The Morgan fingerprint density at radius 2 is 1.76 bits per heavy atom. The number of hydrogen-bond acceptors (Lipinski definition) is 3. The number of carbonyl (C=O) groups is 1. The standard InChI is InChI=1S/C28H27BrFNO3/c1-19-7-9-20(10-8-19)16-31-28(32)26-24(18-34-27(26)22-11-13-23(30)14-12-22)25(15-29)33-17-21-5-3-2-4-6-21/h2-14,25,27H,15-18H2,1H3,(H,31,32). The zero-order valence-electron chi connectivity index (χ0n) is 19.0. The van der Waals surface area contributed by atoms with Gasteiger partial charge in [-0.05, 0) is 41.3 Å². The fraction of sp³-hybridized carbons (Fsp3) is 0.250. The minimum Gasteiger partial charge on any atom is -0.368 e. The highest BCUT2D eigenvalue weighted by Gasteiger charge is 2.36. The Hall–Kier alpha value is -2.80. The Morgan fingerprint density at radius 1 is 1.06 bits per heavy atom. The molecule has 0 saturated carbocycles. The molecule has 1 aliphatic rings. The maximum Gasteiger partial charge on any atom is 0.250 e. The van der Waals surface area contributed by atoms with Gasteiger partial charge in [-0.2, -0.15) is 0 Å². The molecular weight excluding hydrogens is 497 g/mol. The van der Waals surface area contributed by atoms with Crippen LogP contribution >= 0.6 is 15.9 Å². The highest BCUT2D eigenvalue weighted by molar-refractivity contribution is 9.09. The number of aryl methyl sites for hydroxylation is 1. The van der Waals surface area contributed by atoms with Crippen LogP contribution in [0.15, 0.2) is 90.0 Å². The molecule has 0 radical (unpaired) electrons. The van der Waals surface area contributed by atoms with Crippen molar-refractivity contribution in [3.8, 4) is 0 Å². The highest BCUT2D eigenvalue weighted by atomic mass is 79.9. The zero-order chi connectivity index (χ0) is 23.9. The Labute approximate surface area is 207 Å². The average molecular weight is 524 g/mol. The quantitative estimate of drug-likeness (QED) is 0.360. The molecule has 6 heteroatoms. The van der Waals surface area contributed by atoms with Crippen LogP contribution in [0.25, 0.3) is 0 Å². The van der Waals surface area contributed by atoms with Gasteiger partial charge in [0.1, 0.15) is 11.9 Å². The van der Waals surface area contributed by atoms with E-state index in [-0.39, 0.29) is 24.4 Å². The van der Waals surface area contributed by atoms with Crippen LogP contribution in [0, 0.1) is 12.7 Å². The SMILES string of the molecule is Cc1ccc(CNC(=O)C2=C(C(CBr)OCc3ccccc3)COC2c2ccc(F)cc2)cc1. The molecule has 4 nitrogen and oxygen atoms in total. The van der Waals surface area contributed by atoms with Gasteiger partial charge in [-0.15, -0.1) is 0 Å². The van der Waals surface area contributed by atoms with Gasteiger partial charge in [-0.25, -0.2) is 4.39 Å². The largest absolute Gasteiger partial charge is 0.368 e. The summed E-state index contributed by atoms with van der Waals surface area (Å²) in [6.45, 7) is 3.11. The second-order valence-electron chi connectivity index (χ2n) is 8.29. The van der Waals surface area contributed by atoms with E-state index < -0.39 is 6.10 Å². The highest BCUT2D eigenvalue weighted by Crippen LogP contribution is 2.37. The first-order valence-corrected chi connectivity index (χ1v) is 12.3. The molecule has 3 aromatic carbocycles. The Kier molecular flexibility index (Phi) is 8.27. The van der Waals surface area contributed by atoms with Gasteiger partial charge in [0.25, 0.3) is 5.91 Å². The van der Waals surface area contributed by atoms with Crippen LogP contribution in [-0.4, -0.2) is 23.9 Å². The van der Waals surface area contributed by atoms with Crippen LogP contribution in [0.3, 0.4) is 0 Å². The van der Waals surface area contributed by atoms with Gasteiger partial charge in [0.2, 0.25) is 0 Å². The molecule has 176 valence electrons. The van der Waals surface area contributed by atoms with Gasteiger partial charge in [-0.1, -0.05) is 88.2 Å². The molecule has 2 unspecified atom stereocenters. The average Bonchev–Trinajstić information content (AvgIpc) is 3.30. The van der Waals surface area contributed by atoms with Crippen molar-refractivity contribution >= 4 is 21.8 Å². The van der Waals surface area contributed by atoms with E-state index in [4.69, 9.17) is 9.47 Å². The molecule has 0 aromatic heterocycles. The molecule has 0 bridgehead atoms. The lowest BCUT2D eigenvalue weighted by molar-refractivity contribution is -0.118. The lowest BCUT2D eigenvalue weighted by Crippen LogP contribution is -2.29. The smallest absolute Gasteiger partial charge is 0.250 e. The second-order valence-corrected chi connectivity index (χ2v) is 8.94. The molecule has 1 N–H and O–H groups in total. The molecule has 1 heterocycles. The van der Waals surface area contributed by atoms with Crippen molar-refractivity contribution in [2.45, 2.75) is 32.3 Å². The van der Waals surface area contributed by atoms with Gasteiger partial charge < -0.3 is 14.8 Å². The van der Waals surface area contributed by atoms with E-state index in [0.29, 0.717) is 24.1 Å². The van der Waals surface area contributed by atoms with E-state index >= 15 is 0 Å². The first kappa shape index (κ1) is 24.3. The Balaban J connectivity index is 1.59. The predicted octanol–water partition coefficient (Wildman–Crippen LogP) is 5.80. The summed E-state index contributed by atoms with van der Waals surface area (Å²) in [5, 5.41) is 3.55. The summed E-state index contributed by atoms with van der Waals surface area (Å²) in [6.07, 6.45) is -0.929. The van der Waals surface area contributed by atoms with E-state index in [0.717, 1.165) is 27.8 Å². The van der Waals surface area contributed by atoms with E-state index in [9.17, 15) is 9.18 Å². The number of halogens is 2. The number of carbonyl (C=O) groups excluding carboxylic acids is 1. The number of rotatable bonds is 9. The summed E-state index contributed by atoms with van der Waals surface area (Å²) < 4.78 is 25.8. The second kappa shape index (κ2) is 11.6. The molecule has 0 spiro atoms. The lowest BCUT2D eigenvalue weighted by Gasteiger charge is -2.19. The third kappa shape index (κ3) is 6.00. The first-order valence-electron chi connectivity index (χ1n) is 11.2. The van der Waals surface area contributed by atoms with E-state index in [1.165, 1.54) is 12.1 Å². The molecule has 3 aromatic rings. The van der Waals surface area contributed by atoms with Crippen LogP contribution in [0.1, 0.15) is 28.4 Å². The molecule has 0 aliphatic carbocycles. The first-order chi connectivity index (χ1) is 16.5. The van der Waals surface area contributed by atoms with Crippen LogP contribution in [0.5, 0.6) is 0 Å². The lowest BCUT2D eigenvalue weighted by atomic mass is 9.96. The molecular formula is C28H27BrFNO3. The van der Waals surface area contributed by atoms with Crippen molar-refractivity contribution in [3.05, 3.63) is 118 Å². The number of benzene rings is 3. The number of amides is 1. The fourth-order valence-electron chi connectivity index (χ4n) is 3.93. The van der Waals surface area contributed by atoms with Crippen LogP contribution < -0.4 is 5.32 Å². The number of ether oxygens (including phenoxy) is 2. The normalized spacial score (nSPS) is 16.5. The van der Waals surface area contributed by atoms with Crippen molar-refractivity contribution in [1.82, 2.24) is 5.32 Å². The number of hydrogen-bond donors (Lipinski definition) is 1. The Morgan fingerprint density at radius 3 is 2.44 bits per heavy atom. The third-order valence-corrected chi connectivity index (χ3v) is 6.42. The van der Waals surface area contributed by atoms with Crippen LogP contribution in [0.4, 0.5) is 4.39 Å². The van der Waals surface area contributed by atoms with Crippen molar-refractivity contribution < 1.29 is 18.7 Å². The zero-order valence-corrected chi connectivity index (χ0v) is 20.6. The van der Waals surface area contributed by atoms with Crippen molar-refractivity contribution in [2.24, 2.45) is 0 Å². The monoisotopic (exact) mass is 523 g/mol. The molecule has 4 rings (SSSR count). The van der Waals surface area contributed by atoms with Gasteiger partial charge in [0.05, 0.1) is 24.9 Å². The van der Waals surface area contributed by atoms with Crippen LogP contribution in [0.2, 0.25) is 0 Å². The molecule has 34 heavy (non-hydrogen) atoms. The van der Waals surface area contributed by atoms with Crippen molar-refractivity contribution in [3.63, 3.8) is 0 Å². The summed E-state index contributed by atoms with van der Waals surface area (Å²) in [4.78, 5) is 13.4. The summed E-state index contributed by atoms with van der Waals surface area (Å²) in [5.41, 5.74) is 5.27. The van der Waals surface area contributed by atoms with Gasteiger partial charge in [0, 0.05) is 11.9 Å². The number of alkyl halides is 1. The van der Waals surface area contributed by atoms with Crippen LogP contribution in [-0.2, 0) is 27.4 Å². The van der Waals surface area contributed by atoms with Gasteiger partial charge in [-0.3, -0.25) is 4.79 Å².